The first-order chi connectivity index (χ1) is 8.19. The summed E-state index contributed by atoms with van der Waals surface area (Å²) in [5, 5.41) is 0. The molecule has 2 heterocycles. The summed E-state index contributed by atoms with van der Waals surface area (Å²) in [5.74, 6) is 0.337. The molecule has 1 spiro atoms. The molecule has 0 bridgehead atoms. The van der Waals surface area contributed by atoms with Gasteiger partial charge in [0.1, 0.15) is 0 Å². The van der Waals surface area contributed by atoms with Crippen molar-refractivity contribution in [3.05, 3.63) is 0 Å². The van der Waals surface area contributed by atoms with Crippen LogP contribution < -0.4 is 0 Å². The molecule has 0 atom stereocenters. The summed E-state index contributed by atoms with van der Waals surface area (Å²) in [7, 11) is 0. The number of carbonyl (C=O) groups is 1. The third-order valence-corrected chi connectivity index (χ3v) is 4.45. The third kappa shape index (κ3) is 2.82. The largest absolute Gasteiger partial charge is 0.341 e. The molecule has 17 heavy (non-hydrogen) atoms. The number of amides is 1. The average Bonchev–Trinajstić information content (AvgIpc) is 2.33. The fourth-order valence-electron chi connectivity index (χ4n) is 3.11. The van der Waals surface area contributed by atoms with Gasteiger partial charge in [0.15, 0.2) is 0 Å². The number of hydrogen-bond acceptors (Lipinski definition) is 2. The molecule has 0 aromatic rings. The normalized spacial score (nSPS) is 23.8. The van der Waals surface area contributed by atoms with Gasteiger partial charge in [-0.1, -0.05) is 20.3 Å². The van der Waals surface area contributed by atoms with Crippen molar-refractivity contribution in [2.45, 2.75) is 46.0 Å². The van der Waals surface area contributed by atoms with Crippen LogP contribution in [0.5, 0.6) is 0 Å². The minimum absolute atomic E-state index is 0.337. The van der Waals surface area contributed by atoms with Crippen molar-refractivity contribution in [1.29, 1.82) is 0 Å². The Balaban J connectivity index is 1.72. The Labute approximate surface area is 105 Å². The second-order valence-electron chi connectivity index (χ2n) is 5.80. The lowest BCUT2D eigenvalue weighted by Crippen LogP contribution is -2.61. The first kappa shape index (κ1) is 12.9. The molecule has 2 saturated heterocycles. The van der Waals surface area contributed by atoms with Gasteiger partial charge < -0.3 is 9.80 Å². The van der Waals surface area contributed by atoms with Gasteiger partial charge in [-0.15, -0.1) is 0 Å². The fourth-order valence-corrected chi connectivity index (χ4v) is 3.11. The fraction of sp³-hybridized carbons (Fsp3) is 0.929. The minimum atomic E-state index is 0.337. The lowest BCUT2D eigenvalue weighted by Gasteiger charge is -2.54. The zero-order valence-electron chi connectivity index (χ0n) is 11.4. The molecule has 0 radical (unpaired) electrons. The van der Waals surface area contributed by atoms with Crippen LogP contribution in [0.2, 0.25) is 0 Å². The van der Waals surface area contributed by atoms with Crippen LogP contribution >= 0.6 is 0 Å². The van der Waals surface area contributed by atoms with Crippen molar-refractivity contribution in [3.63, 3.8) is 0 Å². The molecule has 0 aromatic carbocycles. The lowest BCUT2D eigenvalue weighted by atomic mass is 9.72. The quantitative estimate of drug-likeness (QED) is 0.749. The van der Waals surface area contributed by atoms with E-state index in [0.717, 1.165) is 13.1 Å². The second kappa shape index (κ2) is 5.38. The van der Waals surface area contributed by atoms with E-state index in [0.29, 0.717) is 17.7 Å². The van der Waals surface area contributed by atoms with Gasteiger partial charge in [-0.05, 0) is 38.9 Å². The Morgan fingerprint density at radius 1 is 1.18 bits per heavy atom. The minimum Gasteiger partial charge on any atom is -0.341 e. The number of rotatable bonds is 4. The maximum Gasteiger partial charge on any atom is 0.222 e. The number of nitrogens with zero attached hydrogens (tertiary/aromatic N) is 2. The van der Waals surface area contributed by atoms with Gasteiger partial charge in [0.2, 0.25) is 5.91 Å². The Morgan fingerprint density at radius 2 is 1.82 bits per heavy atom. The summed E-state index contributed by atoms with van der Waals surface area (Å²) < 4.78 is 0. The first-order valence-corrected chi connectivity index (χ1v) is 7.19. The summed E-state index contributed by atoms with van der Waals surface area (Å²) >= 11 is 0. The van der Waals surface area contributed by atoms with Crippen LogP contribution in [0.4, 0.5) is 0 Å². The molecule has 0 aromatic heterocycles. The molecule has 3 heteroatoms. The summed E-state index contributed by atoms with van der Waals surface area (Å²) in [4.78, 5) is 16.2. The Bertz CT molecular complexity index is 261. The van der Waals surface area contributed by atoms with Crippen LogP contribution in [-0.4, -0.2) is 48.4 Å². The van der Waals surface area contributed by atoms with Gasteiger partial charge in [0, 0.05) is 24.9 Å². The SMILES string of the molecule is CCCCN1CCC2(CC1)CN(C(=O)CC)C2. The van der Waals surface area contributed by atoms with E-state index < -0.39 is 0 Å². The zero-order valence-corrected chi connectivity index (χ0v) is 11.4. The molecule has 0 N–H and O–H groups in total. The van der Waals surface area contributed by atoms with E-state index >= 15 is 0 Å². The highest BCUT2D eigenvalue weighted by Gasteiger charge is 2.45. The Kier molecular flexibility index (Phi) is 4.08. The zero-order chi connectivity index (χ0) is 12.3. The Hall–Kier alpha value is -0.570. The summed E-state index contributed by atoms with van der Waals surface area (Å²) in [5.41, 5.74) is 0.494. The standard InChI is InChI=1S/C14H26N2O/c1-3-5-8-15-9-6-14(7-10-15)11-16(12-14)13(17)4-2/h3-12H2,1-2H3. The predicted molar refractivity (Wildman–Crippen MR) is 69.9 cm³/mol. The topological polar surface area (TPSA) is 23.6 Å². The van der Waals surface area contributed by atoms with Crippen LogP contribution in [0.25, 0.3) is 0 Å². The number of carbonyl (C=O) groups excluding carboxylic acids is 1. The van der Waals surface area contributed by atoms with Gasteiger partial charge in [-0.2, -0.15) is 0 Å². The molecule has 0 saturated carbocycles. The van der Waals surface area contributed by atoms with Crippen molar-refractivity contribution >= 4 is 5.91 Å². The van der Waals surface area contributed by atoms with E-state index in [2.05, 4.69) is 11.8 Å². The van der Waals surface area contributed by atoms with E-state index in [1.165, 1.54) is 45.3 Å². The number of piperidine rings is 1. The number of hydrogen-bond donors (Lipinski definition) is 0. The van der Waals surface area contributed by atoms with E-state index in [4.69, 9.17) is 0 Å². The van der Waals surface area contributed by atoms with Gasteiger partial charge in [-0.3, -0.25) is 4.79 Å². The molecule has 2 aliphatic heterocycles. The highest BCUT2D eigenvalue weighted by Crippen LogP contribution is 2.40. The lowest BCUT2D eigenvalue weighted by molar-refractivity contribution is -0.146. The van der Waals surface area contributed by atoms with Crippen molar-refractivity contribution < 1.29 is 4.79 Å². The van der Waals surface area contributed by atoms with Crippen molar-refractivity contribution in [2.75, 3.05) is 32.7 Å². The summed E-state index contributed by atoms with van der Waals surface area (Å²) in [6, 6.07) is 0. The smallest absolute Gasteiger partial charge is 0.222 e. The molecule has 3 nitrogen and oxygen atoms in total. The van der Waals surface area contributed by atoms with Gasteiger partial charge in [0.05, 0.1) is 0 Å². The van der Waals surface area contributed by atoms with E-state index in [9.17, 15) is 4.79 Å². The average molecular weight is 238 g/mol. The summed E-state index contributed by atoms with van der Waals surface area (Å²) in [6.07, 6.45) is 5.88. The van der Waals surface area contributed by atoms with Crippen LogP contribution in [-0.2, 0) is 4.79 Å². The Morgan fingerprint density at radius 3 is 2.35 bits per heavy atom. The summed E-state index contributed by atoms with van der Waals surface area (Å²) in [6.45, 7) is 10.0. The van der Waals surface area contributed by atoms with E-state index in [1.807, 2.05) is 11.8 Å². The van der Waals surface area contributed by atoms with Crippen LogP contribution in [0, 0.1) is 5.41 Å². The van der Waals surface area contributed by atoms with Crippen LogP contribution in [0.15, 0.2) is 0 Å². The molecule has 2 aliphatic rings. The molecule has 98 valence electrons. The van der Waals surface area contributed by atoms with Crippen LogP contribution in [0.3, 0.4) is 0 Å². The van der Waals surface area contributed by atoms with Crippen LogP contribution in [0.1, 0.15) is 46.0 Å². The number of likely N-dealkylation sites (tertiary alicyclic amines) is 2. The second-order valence-corrected chi connectivity index (χ2v) is 5.80. The molecule has 2 rings (SSSR count). The van der Waals surface area contributed by atoms with Gasteiger partial charge in [-0.25, -0.2) is 0 Å². The van der Waals surface area contributed by atoms with Gasteiger partial charge in [0.25, 0.3) is 0 Å². The van der Waals surface area contributed by atoms with E-state index in [-0.39, 0.29) is 0 Å². The molecule has 2 fully saturated rings. The predicted octanol–water partition coefficient (Wildman–Crippen LogP) is 2.12. The highest BCUT2D eigenvalue weighted by molar-refractivity contribution is 5.76. The molecular weight excluding hydrogens is 212 g/mol. The van der Waals surface area contributed by atoms with Crippen molar-refractivity contribution in [1.82, 2.24) is 9.80 Å². The van der Waals surface area contributed by atoms with Gasteiger partial charge >= 0.3 is 0 Å². The highest BCUT2D eigenvalue weighted by atomic mass is 16.2. The first-order valence-electron chi connectivity index (χ1n) is 7.19. The maximum absolute atomic E-state index is 11.5. The molecule has 1 amide bonds. The molecule has 0 aliphatic carbocycles. The maximum atomic E-state index is 11.5. The van der Waals surface area contributed by atoms with Crippen molar-refractivity contribution in [2.24, 2.45) is 5.41 Å². The molecule has 0 unspecified atom stereocenters. The third-order valence-electron chi connectivity index (χ3n) is 4.45. The monoisotopic (exact) mass is 238 g/mol. The van der Waals surface area contributed by atoms with E-state index in [1.54, 1.807) is 0 Å². The van der Waals surface area contributed by atoms with Crippen molar-refractivity contribution in [3.8, 4) is 0 Å². The molecular formula is C14H26N2O. The number of unbranched alkanes of at least 4 members (excludes halogenated alkanes) is 1.